The van der Waals surface area contributed by atoms with E-state index >= 15 is 0 Å². The zero-order valence-electron chi connectivity index (χ0n) is 17.5. The van der Waals surface area contributed by atoms with E-state index < -0.39 is 0 Å². The topological polar surface area (TPSA) is 65.6 Å². The van der Waals surface area contributed by atoms with Crippen LogP contribution in [0.2, 0.25) is 0 Å². The van der Waals surface area contributed by atoms with Crippen LogP contribution in [0.25, 0.3) is 0 Å². The Bertz CT molecular complexity index is 801. The Morgan fingerprint density at radius 3 is 2.27 bits per heavy atom. The molecule has 2 aliphatic heterocycles. The molecule has 1 aromatic carbocycles. The van der Waals surface area contributed by atoms with Crippen molar-refractivity contribution in [3.63, 3.8) is 0 Å². The summed E-state index contributed by atoms with van der Waals surface area (Å²) in [6.45, 7) is 7.28. The second-order valence-corrected chi connectivity index (χ2v) is 8.19. The molecule has 8 heteroatoms. The second kappa shape index (κ2) is 10.0. The van der Waals surface area contributed by atoms with Crippen molar-refractivity contribution < 1.29 is 4.74 Å². The van der Waals surface area contributed by atoms with Crippen LogP contribution in [0.1, 0.15) is 37.8 Å². The van der Waals surface area contributed by atoms with E-state index in [9.17, 15) is 0 Å². The van der Waals surface area contributed by atoms with Crippen molar-refractivity contribution in [3.8, 4) is 0 Å². The van der Waals surface area contributed by atoms with Gasteiger partial charge in [-0.3, -0.25) is 0 Å². The van der Waals surface area contributed by atoms with Gasteiger partial charge < -0.3 is 25.2 Å². The van der Waals surface area contributed by atoms with Crippen molar-refractivity contribution >= 4 is 34.9 Å². The van der Waals surface area contributed by atoms with Crippen molar-refractivity contribution in [1.29, 1.82) is 0 Å². The summed E-state index contributed by atoms with van der Waals surface area (Å²) < 4.78 is 5.51. The number of benzene rings is 1. The van der Waals surface area contributed by atoms with Crippen LogP contribution in [0.5, 0.6) is 0 Å². The van der Waals surface area contributed by atoms with E-state index in [-0.39, 0.29) is 6.04 Å². The number of anilines is 3. The third-order valence-electron chi connectivity index (χ3n) is 5.59. The molecule has 0 amide bonds. The Morgan fingerprint density at radius 1 is 0.967 bits per heavy atom. The first-order chi connectivity index (χ1) is 14.7. The average molecular weight is 427 g/mol. The van der Waals surface area contributed by atoms with E-state index in [1.165, 1.54) is 24.8 Å². The summed E-state index contributed by atoms with van der Waals surface area (Å²) in [6, 6.07) is 12.4. The molecular weight excluding hydrogens is 396 g/mol. The molecule has 2 fully saturated rings. The molecule has 0 saturated carbocycles. The molecule has 0 radical (unpaired) electrons. The van der Waals surface area contributed by atoms with Gasteiger partial charge in [0.1, 0.15) is 11.6 Å². The van der Waals surface area contributed by atoms with Gasteiger partial charge in [0, 0.05) is 32.2 Å². The van der Waals surface area contributed by atoms with Gasteiger partial charge in [0.25, 0.3) is 0 Å². The van der Waals surface area contributed by atoms with Crippen molar-refractivity contribution in [2.45, 2.75) is 32.2 Å². The maximum atomic E-state index is 5.56. The largest absolute Gasteiger partial charge is 0.378 e. The lowest BCUT2D eigenvalue weighted by atomic mass is 10.1. The summed E-state index contributed by atoms with van der Waals surface area (Å²) >= 11 is 5.56. The summed E-state index contributed by atoms with van der Waals surface area (Å²) in [4.78, 5) is 14.2. The lowest BCUT2D eigenvalue weighted by Crippen LogP contribution is -2.38. The number of nitrogens with one attached hydrogen (secondary N) is 2. The van der Waals surface area contributed by atoms with Crippen LogP contribution in [-0.2, 0) is 4.74 Å². The van der Waals surface area contributed by atoms with E-state index in [2.05, 4.69) is 45.6 Å². The van der Waals surface area contributed by atoms with Crippen molar-refractivity contribution in [3.05, 3.63) is 42.0 Å². The quantitative estimate of drug-likeness (QED) is 0.706. The lowest BCUT2D eigenvalue weighted by molar-refractivity contribution is 0.122. The van der Waals surface area contributed by atoms with Gasteiger partial charge in [-0.05, 0) is 44.0 Å². The predicted molar refractivity (Wildman–Crippen MR) is 125 cm³/mol. The van der Waals surface area contributed by atoms with Gasteiger partial charge in [-0.2, -0.15) is 9.97 Å². The zero-order chi connectivity index (χ0) is 20.8. The maximum Gasteiger partial charge on any atom is 0.232 e. The molecule has 2 N–H and O–H groups in total. The first-order valence-corrected chi connectivity index (χ1v) is 11.2. The highest BCUT2D eigenvalue weighted by Crippen LogP contribution is 2.24. The molecule has 1 atom stereocenters. The number of hydrogen-bond donors (Lipinski definition) is 2. The fraction of sp³-hybridized carbons (Fsp3) is 0.500. The molecule has 0 unspecified atom stereocenters. The van der Waals surface area contributed by atoms with Crippen molar-refractivity contribution in [1.82, 2.24) is 15.3 Å². The molecule has 2 aliphatic rings. The summed E-state index contributed by atoms with van der Waals surface area (Å²) in [5, 5.41) is 7.07. The van der Waals surface area contributed by atoms with E-state index in [0.717, 1.165) is 51.0 Å². The molecule has 1 aromatic heterocycles. The van der Waals surface area contributed by atoms with Crippen molar-refractivity contribution in [2.75, 3.05) is 54.5 Å². The zero-order valence-corrected chi connectivity index (χ0v) is 18.3. The Hall–Kier alpha value is -2.45. The summed E-state index contributed by atoms with van der Waals surface area (Å²) in [6.07, 6.45) is 3.69. The molecule has 0 spiro atoms. The summed E-state index contributed by atoms with van der Waals surface area (Å²) in [7, 11) is 0. The molecule has 4 rings (SSSR count). The molecule has 0 bridgehead atoms. The molecule has 7 nitrogen and oxygen atoms in total. The van der Waals surface area contributed by atoms with Gasteiger partial charge in [-0.25, -0.2) is 0 Å². The van der Waals surface area contributed by atoms with E-state index in [0.29, 0.717) is 11.1 Å². The fourth-order valence-corrected chi connectivity index (χ4v) is 4.14. The highest BCUT2D eigenvalue weighted by atomic mass is 32.1. The number of rotatable bonds is 5. The molecule has 160 valence electrons. The number of morpholine rings is 1. The van der Waals surface area contributed by atoms with Crippen LogP contribution < -0.4 is 20.4 Å². The molecule has 2 saturated heterocycles. The maximum absolute atomic E-state index is 5.56. The van der Waals surface area contributed by atoms with Gasteiger partial charge in [0.05, 0.1) is 19.3 Å². The highest BCUT2D eigenvalue weighted by molar-refractivity contribution is 7.80. The molecular formula is C22H30N6OS. The third kappa shape index (κ3) is 5.37. The average Bonchev–Trinajstić information content (AvgIpc) is 2.80. The minimum atomic E-state index is 0.0928. The monoisotopic (exact) mass is 426 g/mol. The number of aromatic nitrogens is 2. The smallest absolute Gasteiger partial charge is 0.232 e. The number of thiocarbonyl (C=S) groups is 1. The van der Waals surface area contributed by atoms with E-state index in [1.807, 2.05) is 18.2 Å². The highest BCUT2D eigenvalue weighted by Gasteiger charge is 2.19. The Labute approximate surface area is 183 Å². The van der Waals surface area contributed by atoms with Gasteiger partial charge in [-0.1, -0.05) is 30.3 Å². The summed E-state index contributed by atoms with van der Waals surface area (Å²) in [5.74, 6) is 2.43. The van der Waals surface area contributed by atoms with Crippen molar-refractivity contribution in [2.24, 2.45) is 0 Å². The molecule has 30 heavy (non-hydrogen) atoms. The first-order valence-electron chi connectivity index (χ1n) is 10.8. The van der Waals surface area contributed by atoms with Crippen LogP contribution in [0.15, 0.2) is 36.4 Å². The van der Waals surface area contributed by atoms with Crippen LogP contribution in [0.4, 0.5) is 17.6 Å². The Morgan fingerprint density at radius 2 is 1.60 bits per heavy atom. The number of piperidine rings is 1. The second-order valence-electron chi connectivity index (χ2n) is 7.79. The minimum absolute atomic E-state index is 0.0928. The standard InChI is InChI=1S/C22H30N6OS/c1-17(18-8-4-2-5-9-18)23-22(30)26-21-24-19(27-10-6-3-7-11-27)16-20(25-21)28-12-14-29-15-13-28/h2,4-5,8-9,16-17H,3,6-7,10-15H2,1H3,(H2,23,24,25,26,30)/t17-/m1/s1. The summed E-state index contributed by atoms with van der Waals surface area (Å²) in [5.41, 5.74) is 1.18. The van der Waals surface area contributed by atoms with Crippen LogP contribution in [-0.4, -0.2) is 54.5 Å². The van der Waals surface area contributed by atoms with Crippen LogP contribution in [0.3, 0.4) is 0 Å². The van der Waals surface area contributed by atoms with E-state index in [4.69, 9.17) is 26.9 Å². The van der Waals surface area contributed by atoms with Gasteiger partial charge in [0.15, 0.2) is 5.11 Å². The lowest BCUT2D eigenvalue weighted by Gasteiger charge is -2.31. The number of ether oxygens (including phenoxy) is 1. The van der Waals surface area contributed by atoms with Gasteiger partial charge in [0.2, 0.25) is 5.95 Å². The predicted octanol–water partition coefficient (Wildman–Crippen LogP) is 3.35. The molecule has 0 aliphatic carbocycles. The SMILES string of the molecule is C[C@@H](NC(=S)Nc1nc(N2CCCCC2)cc(N2CCOCC2)n1)c1ccccc1. The van der Waals surface area contributed by atoms with Gasteiger partial charge in [-0.15, -0.1) is 0 Å². The van der Waals surface area contributed by atoms with Crippen LogP contribution in [0, 0.1) is 0 Å². The molecule has 2 aromatic rings. The van der Waals surface area contributed by atoms with E-state index in [1.54, 1.807) is 0 Å². The van der Waals surface area contributed by atoms with Gasteiger partial charge >= 0.3 is 0 Å². The Kier molecular flexibility index (Phi) is 6.96. The number of hydrogen-bond acceptors (Lipinski definition) is 6. The van der Waals surface area contributed by atoms with Crippen LogP contribution >= 0.6 is 12.2 Å². The normalized spacial score (nSPS) is 18.0. The fourth-order valence-electron chi connectivity index (χ4n) is 3.88. The number of nitrogens with zero attached hydrogens (tertiary/aromatic N) is 4. The third-order valence-corrected chi connectivity index (χ3v) is 5.81. The first kappa shape index (κ1) is 20.8. The Balaban J connectivity index is 1.51. The molecule has 3 heterocycles. The minimum Gasteiger partial charge on any atom is -0.378 e.